The van der Waals surface area contributed by atoms with Gasteiger partial charge in [-0.15, -0.1) is 0 Å². The highest BCUT2D eigenvalue weighted by atomic mass is 14.7. The van der Waals surface area contributed by atoms with Gasteiger partial charge in [-0.25, -0.2) is 4.98 Å². The molecule has 9 aromatic rings. The lowest BCUT2D eigenvalue weighted by molar-refractivity contribution is 1.31. The SMILES string of the molecule is Nc1c(/C=C\Cc2cccc3ccccc23)c(-c2ccccc2)cc2c1cc(-c1ccccc1)c1ccc(-c3cccc4ccccc34)nc12. The number of nitrogens with two attached hydrogens (primary N) is 1. The molecule has 0 aliphatic carbocycles. The van der Waals surface area contributed by atoms with E-state index in [9.17, 15) is 0 Å². The lowest BCUT2D eigenvalue weighted by atomic mass is 9.89. The van der Waals surface area contributed by atoms with Crippen molar-refractivity contribution in [1.29, 1.82) is 0 Å². The van der Waals surface area contributed by atoms with E-state index in [4.69, 9.17) is 10.7 Å². The van der Waals surface area contributed by atoms with Gasteiger partial charge in [0.2, 0.25) is 0 Å². The Kier molecular flexibility index (Phi) is 7.40. The van der Waals surface area contributed by atoms with Crippen LogP contribution in [0.1, 0.15) is 11.1 Å². The van der Waals surface area contributed by atoms with Gasteiger partial charge >= 0.3 is 0 Å². The van der Waals surface area contributed by atoms with Crippen LogP contribution in [0.25, 0.3) is 82.8 Å². The van der Waals surface area contributed by atoms with Crippen molar-refractivity contribution in [1.82, 2.24) is 4.98 Å². The first-order valence-electron chi connectivity index (χ1n) is 17.1. The normalized spacial score (nSPS) is 11.7. The first kappa shape index (κ1) is 29.6. The third kappa shape index (κ3) is 5.19. The van der Waals surface area contributed by atoms with Gasteiger partial charge in [0, 0.05) is 33.0 Å². The topological polar surface area (TPSA) is 38.9 Å². The Hall–Kier alpha value is -6.51. The zero-order valence-electron chi connectivity index (χ0n) is 27.6. The fourth-order valence-electron chi connectivity index (χ4n) is 7.46. The van der Waals surface area contributed by atoms with Crippen molar-refractivity contribution < 1.29 is 0 Å². The number of hydrogen-bond donors (Lipinski definition) is 1. The average Bonchev–Trinajstić information content (AvgIpc) is 3.18. The van der Waals surface area contributed by atoms with Crippen LogP contribution in [0.3, 0.4) is 0 Å². The molecule has 0 fully saturated rings. The van der Waals surface area contributed by atoms with Crippen molar-refractivity contribution in [2.24, 2.45) is 0 Å². The van der Waals surface area contributed by atoms with Crippen molar-refractivity contribution in [3.05, 3.63) is 187 Å². The number of pyridine rings is 1. The zero-order chi connectivity index (χ0) is 33.4. The first-order valence-corrected chi connectivity index (χ1v) is 17.1. The Labute approximate surface area is 291 Å². The molecule has 0 radical (unpaired) electrons. The molecule has 50 heavy (non-hydrogen) atoms. The fraction of sp³-hybridized carbons (Fsp3) is 0.0208. The van der Waals surface area contributed by atoms with E-state index in [2.05, 4.69) is 182 Å². The van der Waals surface area contributed by atoms with Gasteiger partial charge in [0.1, 0.15) is 0 Å². The minimum Gasteiger partial charge on any atom is -0.398 e. The maximum atomic E-state index is 7.31. The number of anilines is 1. The molecule has 8 aromatic carbocycles. The number of rotatable bonds is 6. The van der Waals surface area contributed by atoms with E-state index in [-0.39, 0.29) is 0 Å². The molecule has 236 valence electrons. The van der Waals surface area contributed by atoms with Crippen molar-refractivity contribution in [2.75, 3.05) is 5.73 Å². The van der Waals surface area contributed by atoms with Gasteiger partial charge in [-0.1, -0.05) is 158 Å². The fourth-order valence-corrected chi connectivity index (χ4v) is 7.46. The van der Waals surface area contributed by atoms with Gasteiger partial charge in [-0.2, -0.15) is 0 Å². The van der Waals surface area contributed by atoms with Gasteiger partial charge in [0.05, 0.1) is 11.2 Å². The number of hydrogen-bond acceptors (Lipinski definition) is 2. The quantitative estimate of drug-likeness (QED) is 0.145. The van der Waals surface area contributed by atoms with Crippen LogP contribution in [0.2, 0.25) is 0 Å². The summed E-state index contributed by atoms with van der Waals surface area (Å²) in [7, 11) is 0. The summed E-state index contributed by atoms with van der Waals surface area (Å²) < 4.78 is 0. The van der Waals surface area contributed by atoms with Crippen molar-refractivity contribution in [2.45, 2.75) is 6.42 Å². The van der Waals surface area contributed by atoms with E-state index in [0.29, 0.717) is 0 Å². The minimum atomic E-state index is 0.756. The summed E-state index contributed by atoms with van der Waals surface area (Å²) in [5.41, 5.74) is 17.9. The van der Waals surface area contributed by atoms with Gasteiger partial charge in [-0.05, 0) is 80.0 Å². The molecular weight excluding hydrogens is 605 g/mol. The van der Waals surface area contributed by atoms with E-state index in [1.807, 2.05) is 0 Å². The molecular formula is C48H34N2. The monoisotopic (exact) mass is 638 g/mol. The molecule has 0 unspecified atom stereocenters. The molecule has 0 atom stereocenters. The molecule has 9 rings (SSSR count). The number of nitrogen functional groups attached to an aromatic ring is 1. The maximum Gasteiger partial charge on any atom is 0.0795 e. The van der Waals surface area contributed by atoms with Gasteiger partial charge in [-0.3, -0.25) is 0 Å². The predicted octanol–water partition coefficient (Wildman–Crippen LogP) is 12.5. The molecule has 1 aromatic heterocycles. The highest BCUT2D eigenvalue weighted by Gasteiger charge is 2.18. The predicted molar refractivity (Wildman–Crippen MR) is 214 cm³/mol. The standard InChI is InChI=1S/C48H34N2/c49-47-40(27-13-22-33-21-11-20-32-18-7-9-24-37(32)33)42(35-14-3-1-4-15-35)31-45-44(47)30-43(36-16-5-2-6-17-36)41-28-29-46(50-48(41)45)39-26-12-23-34-19-8-10-25-38(34)39/h1-21,23-31H,22,49H2/b27-13-. The summed E-state index contributed by atoms with van der Waals surface area (Å²) >= 11 is 0. The van der Waals surface area contributed by atoms with E-state index in [1.54, 1.807) is 0 Å². The summed E-state index contributed by atoms with van der Waals surface area (Å²) in [6.45, 7) is 0. The van der Waals surface area contributed by atoms with Crippen LogP contribution in [-0.2, 0) is 6.42 Å². The van der Waals surface area contributed by atoms with E-state index in [1.165, 1.54) is 27.1 Å². The van der Waals surface area contributed by atoms with Crippen LogP contribution in [-0.4, -0.2) is 4.98 Å². The lowest BCUT2D eigenvalue weighted by Gasteiger charge is -2.18. The molecule has 2 nitrogen and oxygen atoms in total. The maximum absolute atomic E-state index is 7.31. The zero-order valence-corrected chi connectivity index (χ0v) is 27.6. The average molecular weight is 639 g/mol. The highest BCUT2D eigenvalue weighted by Crippen LogP contribution is 2.43. The molecule has 0 saturated heterocycles. The van der Waals surface area contributed by atoms with E-state index in [0.717, 1.165) is 72.9 Å². The largest absolute Gasteiger partial charge is 0.398 e. The summed E-state index contributed by atoms with van der Waals surface area (Å²) in [5, 5.41) is 8.07. The van der Waals surface area contributed by atoms with Gasteiger partial charge in [0.15, 0.2) is 0 Å². The van der Waals surface area contributed by atoms with Crippen LogP contribution >= 0.6 is 0 Å². The van der Waals surface area contributed by atoms with Crippen LogP contribution in [0.5, 0.6) is 0 Å². The van der Waals surface area contributed by atoms with Gasteiger partial charge < -0.3 is 5.73 Å². The smallest absolute Gasteiger partial charge is 0.0795 e. The third-order valence-electron chi connectivity index (χ3n) is 9.92. The summed E-state index contributed by atoms with van der Waals surface area (Å²) in [6, 6.07) is 60.2. The van der Waals surface area contributed by atoms with Crippen molar-refractivity contribution >= 4 is 55.0 Å². The minimum absolute atomic E-state index is 0.756. The van der Waals surface area contributed by atoms with E-state index >= 15 is 0 Å². The molecule has 0 aliphatic rings. The summed E-state index contributed by atoms with van der Waals surface area (Å²) in [6.07, 6.45) is 5.27. The Morgan fingerprint density at radius 3 is 1.82 bits per heavy atom. The molecule has 0 saturated carbocycles. The molecule has 0 spiro atoms. The van der Waals surface area contributed by atoms with Crippen molar-refractivity contribution in [3.8, 4) is 33.5 Å². The molecule has 2 N–H and O–H groups in total. The third-order valence-corrected chi connectivity index (χ3v) is 9.92. The van der Waals surface area contributed by atoms with Crippen LogP contribution in [0, 0.1) is 0 Å². The Morgan fingerprint density at radius 1 is 0.460 bits per heavy atom. The van der Waals surface area contributed by atoms with Crippen LogP contribution in [0.15, 0.2) is 176 Å². The Morgan fingerprint density at radius 2 is 1.06 bits per heavy atom. The molecule has 1 heterocycles. The second kappa shape index (κ2) is 12.5. The number of aromatic nitrogens is 1. The van der Waals surface area contributed by atoms with Crippen LogP contribution < -0.4 is 5.73 Å². The summed E-state index contributed by atoms with van der Waals surface area (Å²) in [4.78, 5) is 5.47. The second-order valence-corrected chi connectivity index (χ2v) is 12.9. The van der Waals surface area contributed by atoms with E-state index < -0.39 is 0 Å². The van der Waals surface area contributed by atoms with Crippen molar-refractivity contribution in [3.63, 3.8) is 0 Å². The lowest BCUT2D eigenvalue weighted by Crippen LogP contribution is -1.98. The summed E-state index contributed by atoms with van der Waals surface area (Å²) in [5.74, 6) is 0. The van der Waals surface area contributed by atoms with Crippen LogP contribution in [0.4, 0.5) is 5.69 Å². The Bertz CT molecular complexity index is 2720. The second-order valence-electron chi connectivity index (χ2n) is 12.9. The first-order chi connectivity index (χ1) is 24.7. The number of fused-ring (bicyclic) bond motifs is 5. The number of allylic oxidation sites excluding steroid dienone is 1. The Balaban J connectivity index is 1.30. The van der Waals surface area contributed by atoms with Gasteiger partial charge in [0.25, 0.3) is 0 Å². The number of nitrogens with zero attached hydrogens (tertiary/aromatic N) is 1. The molecule has 0 aliphatic heterocycles. The molecule has 0 bridgehead atoms. The molecule has 0 amide bonds. The molecule has 2 heteroatoms. The highest BCUT2D eigenvalue weighted by molar-refractivity contribution is 6.18. The number of benzene rings is 8.